The lowest BCUT2D eigenvalue weighted by Crippen LogP contribution is -2.30. The Hall–Kier alpha value is -3.51. The number of thiocarbonyl (C=S) groups is 1. The second-order valence-electron chi connectivity index (χ2n) is 6.82. The van der Waals surface area contributed by atoms with Gasteiger partial charge in [-0.05, 0) is 60.7 Å². The smallest absolute Gasteiger partial charge is 0.174 e. The van der Waals surface area contributed by atoms with E-state index in [1.165, 1.54) is 0 Å². The Morgan fingerprint density at radius 2 is 1.55 bits per heavy atom. The zero-order valence-electron chi connectivity index (χ0n) is 15.6. The lowest BCUT2D eigenvalue weighted by Gasteiger charge is -2.28. The quantitative estimate of drug-likeness (QED) is 0.516. The molecule has 1 fully saturated rings. The summed E-state index contributed by atoms with van der Waals surface area (Å²) in [5, 5.41) is 4.18. The number of anilines is 1. The summed E-state index contributed by atoms with van der Waals surface area (Å²) < 4.78 is 2.12. The third-order valence-electron chi connectivity index (χ3n) is 5.11. The van der Waals surface area contributed by atoms with Gasteiger partial charge in [0.05, 0.1) is 11.7 Å². The van der Waals surface area contributed by atoms with Crippen molar-refractivity contribution in [2.24, 2.45) is 0 Å². The minimum Gasteiger partial charge on any atom is -0.351 e. The number of benzene rings is 1. The first-order valence-electron chi connectivity index (χ1n) is 9.47. The van der Waals surface area contributed by atoms with E-state index in [0.717, 1.165) is 22.9 Å². The van der Waals surface area contributed by atoms with Gasteiger partial charge in [0.2, 0.25) is 0 Å². The highest BCUT2D eigenvalue weighted by atomic mass is 32.1. The van der Waals surface area contributed by atoms with Crippen LogP contribution >= 0.6 is 12.2 Å². The van der Waals surface area contributed by atoms with Crippen LogP contribution in [0.1, 0.15) is 23.5 Å². The maximum Gasteiger partial charge on any atom is 0.174 e. The number of pyridine rings is 2. The van der Waals surface area contributed by atoms with Crippen LogP contribution in [0.15, 0.2) is 97.5 Å². The van der Waals surface area contributed by atoms with Crippen LogP contribution in [0.3, 0.4) is 0 Å². The van der Waals surface area contributed by atoms with Crippen LogP contribution in [0.5, 0.6) is 0 Å². The highest BCUT2D eigenvalue weighted by molar-refractivity contribution is 7.80. The van der Waals surface area contributed by atoms with Crippen LogP contribution in [-0.2, 0) is 0 Å². The summed E-state index contributed by atoms with van der Waals surface area (Å²) in [5.41, 5.74) is 3.09. The van der Waals surface area contributed by atoms with E-state index in [0.29, 0.717) is 5.11 Å². The topological polar surface area (TPSA) is 46.0 Å². The highest BCUT2D eigenvalue weighted by Gasteiger charge is 2.42. The summed E-state index contributed by atoms with van der Waals surface area (Å²) in [4.78, 5) is 11.3. The van der Waals surface area contributed by atoms with Crippen molar-refractivity contribution in [1.82, 2.24) is 19.9 Å². The van der Waals surface area contributed by atoms with Crippen molar-refractivity contribution >= 4 is 23.0 Å². The number of rotatable bonds is 4. The highest BCUT2D eigenvalue weighted by Crippen LogP contribution is 2.41. The predicted octanol–water partition coefficient (Wildman–Crippen LogP) is 4.44. The number of nitrogens with one attached hydrogen (secondary N) is 1. The van der Waals surface area contributed by atoms with Crippen molar-refractivity contribution in [3.8, 4) is 5.82 Å². The predicted molar refractivity (Wildman–Crippen MR) is 118 cm³/mol. The molecule has 1 N–H and O–H groups in total. The molecule has 142 valence electrons. The Labute approximate surface area is 174 Å². The van der Waals surface area contributed by atoms with Crippen molar-refractivity contribution in [2.75, 3.05) is 4.90 Å². The van der Waals surface area contributed by atoms with Gasteiger partial charge in [-0.25, -0.2) is 4.98 Å². The van der Waals surface area contributed by atoms with Gasteiger partial charge in [0.1, 0.15) is 11.9 Å². The van der Waals surface area contributed by atoms with Gasteiger partial charge in [0, 0.05) is 30.0 Å². The molecule has 0 unspecified atom stereocenters. The molecule has 1 aromatic carbocycles. The van der Waals surface area contributed by atoms with E-state index in [9.17, 15) is 0 Å². The van der Waals surface area contributed by atoms with Crippen LogP contribution in [0, 0.1) is 0 Å². The molecule has 0 aliphatic carbocycles. The maximum atomic E-state index is 5.77. The molecule has 0 spiro atoms. The Balaban J connectivity index is 1.67. The molecule has 0 saturated carbocycles. The van der Waals surface area contributed by atoms with E-state index in [1.54, 1.807) is 0 Å². The Bertz CT molecular complexity index is 1110. The molecule has 1 saturated heterocycles. The fraction of sp³-hybridized carbons (Fsp3) is 0.0870. The third kappa shape index (κ3) is 3.17. The molecule has 0 radical (unpaired) electrons. The van der Waals surface area contributed by atoms with Gasteiger partial charge in [-0.2, -0.15) is 0 Å². The summed E-state index contributed by atoms with van der Waals surface area (Å²) in [6, 6.07) is 26.1. The van der Waals surface area contributed by atoms with E-state index in [2.05, 4.69) is 43.0 Å². The lowest BCUT2D eigenvalue weighted by atomic mass is 10.0. The minimum atomic E-state index is -0.0822. The molecule has 5 rings (SSSR count). The summed E-state index contributed by atoms with van der Waals surface area (Å²) in [6.07, 6.45) is 5.67. The summed E-state index contributed by atoms with van der Waals surface area (Å²) >= 11 is 5.77. The van der Waals surface area contributed by atoms with Crippen LogP contribution < -0.4 is 10.2 Å². The summed E-state index contributed by atoms with van der Waals surface area (Å²) in [5.74, 6) is 0.873. The number of aromatic nitrogens is 3. The molecular weight excluding hydrogens is 378 g/mol. The maximum absolute atomic E-state index is 5.77. The average molecular weight is 398 g/mol. The second-order valence-corrected chi connectivity index (χ2v) is 7.21. The Morgan fingerprint density at radius 3 is 2.28 bits per heavy atom. The SMILES string of the molecule is S=C1N[C@H](c2ccccn2)[C@@H](c2cccn2-c2ccccn2)N1c1ccccc1. The molecule has 0 amide bonds. The molecular formula is C23H19N5S. The first-order valence-corrected chi connectivity index (χ1v) is 9.88. The third-order valence-corrected chi connectivity index (χ3v) is 5.43. The number of hydrogen-bond donors (Lipinski definition) is 1. The van der Waals surface area contributed by atoms with Gasteiger partial charge < -0.3 is 14.8 Å². The van der Waals surface area contributed by atoms with Crippen LogP contribution in [0.25, 0.3) is 5.82 Å². The molecule has 4 heterocycles. The molecule has 3 aromatic heterocycles. The van der Waals surface area contributed by atoms with Gasteiger partial charge >= 0.3 is 0 Å². The molecule has 5 nitrogen and oxygen atoms in total. The molecule has 2 atom stereocenters. The average Bonchev–Trinajstić information content (AvgIpc) is 3.40. The summed E-state index contributed by atoms with van der Waals surface area (Å²) in [6.45, 7) is 0. The molecule has 4 aromatic rings. The van der Waals surface area contributed by atoms with Crippen LogP contribution in [0.2, 0.25) is 0 Å². The standard InChI is InChI=1S/C23H19N5S/c29-23-26-21(18-11-4-6-14-24-18)22(28(23)17-9-2-1-3-10-17)19-12-8-16-27(19)20-13-5-7-15-25-20/h1-16,21-22H,(H,26,29)/t21-,22-/m1/s1. The Kier molecular flexibility index (Phi) is 4.54. The van der Waals surface area contributed by atoms with E-state index in [4.69, 9.17) is 12.2 Å². The van der Waals surface area contributed by atoms with Crippen molar-refractivity contribution in [3.63, 3.8) is 0 Å². The van der Waals surface area contributed by atoms with E-state index >= 15 is 0 Å². The van der Waals surface area contributed by atoms with Gasteiger partial charge in [-0.15, -0.1) is 0 Å². The number of hydrogen-bond acceptors (Lipinski definition) is 3. The van der Waals surface area contributed by atoms with E-state index in [-0.39, 0.29) is 12.1 Å². The number of para-hydroxylation sites is 1. The monoisotopic (exact) mass is 397 g/mol. The zero-order chi connectivity index (χ0) is 19.6. The van der Waals surface area contributed by atoms with Crippen molar-refractivity contribution in [2.45, 2.75) is 12.1 Å². The minimum absolute atomic E-state index is 0.0724. The molecule has 1 aliphatic heterocycles. The van der Waals surface area contributed by atoms with Gasteiger partial charge in [-0.1, -0.05) is 30.3 Å². The lowest BCUT2D eigenvalue weighted by molar-refractivity contribution is 0.548. The fourth-order valence-electron chi connectivity index (χ4n) is 3.86. The van der Waals surface area contributed by atoms with Gasteiger partial charge in [0.25, 0.3) is 0 Å². The zero-order valence-corrected chi connectivity index (χ0v) is 16.4. The van der Waals surface area contributed by atoms with Crippen LogP contribution in [0.4, 0.5) is 5.69 Å². The molecule has 6 heteroatoms. The largest absolute Gasteiger partial charge is 0.351 e. The Morgan fingerprint density at radius 1 is 0.793 bits per heavy atom. The normalized spacial score (nSPS) is 18.6. The van der Waals surface area contributed by atoms with E-state index in [1.807, 2.05) is 79.3 Å². The first-order chi connectivity index (χ1) is 14.3. The number of nitrogens with zero attached hydrogens (tertiary/aromatic N) is 4. The molecule has 0 bridgehead atoms. The fourth-order valence-corrected chi connectivity index (χ4v) is 4.21. The van der Waals surface area contributed by atoms with Gasteiger partial charge in [-0.3, -0.25) is 4.98 Å². The van der Waals surface area contributed by atoms with Gasteiger partial charge in [0.15, 0.2) is 5.11 Å². The van der Waals surface area contributed by atoms with Crippen molar-refractivity contribution in [1.29, 1.82) is 0 Å². The first kappa shape index (κ1) is 17.6. The molecule has 1 aliphatic rings. The second kappa shape index (κ2) is 7.48. The summed E-state index contributed by atoms with van der Waals surface area (Å²) in [7, 11) is 0. The molecule has 29 heavy (non-hydrogen) atoms. The van der Waals surface area contributed by atoms with E-state index < -0.39 is 0 Å². The van der Waals surface area contributed by atoms with Crippen LogP contribution in [-0.4, -0.2) is 19.6 Å². The van der Waals surface area contributed by atoms with Crippen molar-refractivity contribution < 1.29 is 0 Å². The van der Waals surface area contributed by atoms with Crippen molar-refractivity contribution in [3.05, 3.63) is 109 Å².